The number of carbonyl (C=O) groups is 1. The number of nitrogens with zero attached hydrogens (tertiary/aromatic N) is 1. The molecular weight excluding hydrogens is 180 g/mol. The molecule has 0 aromatic rings. The minimum absolute atomic E-state index is 0.101. The molecule has 0 aromatic carbocycles. The first-order valence-electron chi connectivity index (χ1n) is 5.27. The molecule has 0 aliphatic carbocycles. The second kappa shape index (κ2) is 5.32. The summed E-state index contributed by atoms with van der Waals surface area (Å²) in [7, 11) is 3.53. The smallest absolute Gasteiger partial charge is 0.241 e. The highest BCUT2D eigenvalue weighted by atomic mass is 16.7. The van der Waals surface area contributed by atoms with Gasteiger partial charge in [0.05, 0.1) is 6.10 Å². The van der Waals surface area contributed by atoms with Gasteiger partial charge in [-0.25, -0.2) is 0 Å². The molecule has 1 rings (SSSR count). The maximum atomic E-state index is 11.5. The number of likely N-dealkylation sites (N-methyl/N-ethyl adjacent to an activating group) is 1. The molecule has 1 fully saturated rings. The molecule has 2 unspecified atom stereocenters. The van der Waals surface area contributed by atoms with E-state index in [2.05, 4.69) is 12.4 Å². The Balaban J connectivity index is 2.30. The summed E-state index contributed by atoms with van der Waals surface area (Å²) < 4.78 is 0. The highest BCUT2D eigenvalue weighted by molar-refractivity contribution is 5.81. The zero-order valence-electron chi connectivity index (χ0n) is 9.25. The second-order valence-corrected chi connectivity index (χ2v) is 4.02. The largest absolute Gasteiger partial charge is 0.347 e. The van der Waals surface area contributed by atoms with Gasteiger partial charge < -0.3 is 4.90 Å². The fourth-order valence-corrected chi connectivity index (χ4v) is 1.61. The molecule has 1 amide bonds. The molecule has 1 aliphatic rings. The van der Waals surface area contributed by atoms with Crippen molar-refractivity contribution >= 4 is 5.91 Å². The van der Waals surface area contributed by atoms with E-state index in [-0.39, 0.29) is 18.1 Å². The average molecular weight is 200 g/mol. The quantitative estimate of drug-likeness (QED) is 0.734. The minimum Gasteiger partial charge on any atom is -0.347 e. The summed E-state index contributed by atoms with van der Waals surface area (Å²) in [6.07, 6.45) is 4.39. The van der Waals surface area contributed by atoms with Crippen LogP contribution in [0.1, 0.15) is 32.6 Å². The van der Waals surface area contributed by atoms with Gasteiger partial charge in [-0.05, 0) is 6.42 Å². The monoisotopic (exact) mass is 200 g/mol. The Labute approximate surface area is 85.6 Å². The Hall–Kier alpha value is -0.610. The maximum Gasteiger partial charge on any atom is 0.241 e. The normalized spacial score (nSPS) is 26.5. The van der Waals surface area contributed by atoms with Gasteiger partial charge in [-0.2, -0.15) is 5.48 Å². The van der Waals surface area contributed by atoms with Crippen molar-refractivity contribution in [3.63, 3.8) is 0 Å². The highest BCUT2D eigenvalue weighted by Crippen LogP contribution is 2.17. The van der Waals surface area contributed by atoms with E-state index >= 15 is 0 Å². The lowest BCUT2D eigenvalue weighted by Crippen LogP contribution is -2.39. The minimum atomic E-state index is -0.146. The van der Waals surface area contributed by atoms with Gasteiger partial charge in [0.15, 0.2) is 0 Å². The molecular formula is C10H20N2O2. The van der Waals surface area contributed by atoms with Crippen molar-refractivity contribution in [3.05, 3.63) is 0 Å². The van der Waals surface area contributed by atoms with Crippen LogP contribution in [0.5, 0.6) is 0 Å². The van der Waals surface area contributed by atoms with Gasteiger partial charge in [-0.3, -0.25) is 9.63 Å². The van der Waals surface area contributed by atoms with Crippen LogP contribution in [-0.2, 0) is 9.63 Å². The zero-order chi connectivity index (χ0) is 10.6. The van der Waals surface area contributed by atoms with E-state index in [0.717, 1.165) is 19.3 Å². The fraction of sp³-hybridized carbons (Fsp3) is 0.900. The first-order chi connectivity index (χ1) is 6.65. The summed E-state index contributed by atoms with van der Waals surface area (Å²) in [5.41, 5.74) is 2.81. The summed E-state index contributed by atoms with van der Waals surface area (Å²) in [4.78, 5) is 18.5. The molecule has 0 spiro atoms. The van der Waals surface area contributed by atoms with Crippen molar-refractivity contribution in [3.8, 4) is 0 Å². The third kappa shape index (κ3) is 2.96. The van der Waals surface area contributed by atoms with Crippen molar-refractivity contribution in [1.29, 1.82) is 0 Å². The molecule has 2 atom stereocenters. The molecule has 1 heterocycles. The van der Waals surface area contributed by atoms with Crippen LogP contribution in [0, 0.1) is 0 Å². The molecule has 0 aromatic heterocycles. The van der Waals surface area contributed by atoms with Gasteiger partial charge >= 0.3 is 0 Å². The summed E-state index contributed by atoms with van der Waals surface area (Å²) in [6.45, 7) is 2.16. The van der Waals surface area contributed by atoms with E-state index in [0.29, 0.717) is 0 Å². The molecule has 4 nitrogen and oxygen atoms in total. The van der Waals surface area contributed by atoms with Gasteiger partial charge in [-0.1, -0.05) is 19.8 Å². The number of unbranched alkanes of at least 4 members (excludes halogenated alkanes) is 1. The second-order valence-electron chi connectivity index (χ2n) is 4.02. The van der Waals surface area contributed by atoms with E-state index in [1.807, 2.05) is 0 Å². The average Bonchev–Trinajstić information content (AvgIpc) is 2.61. The van der Waals surface area contributed by atoms with E-state index in [4.69, 9.17) is 4.84 Å². The highest BCUT2D eigenvalue weighted by Gasteiger charge is 2.30. The number of nitrogens with one attached hydrogen (secondary N) is 1. The molecule has 0 saturated carbocycles. The molecule has 82 valence electrons. The van der Waals surface area contributed by atoms with E-state index in [1.165, 1.54) is 6.42 Å². The van der Waals surface area contributed by atoms with Crippen LogP contribution in [-0.4, -0.2) is 37.0 Å². The number of hydroxylamine groups is 1. The third-order valence-electron chi connectivity index (χ3n) is 2.49. The third-order valence-corrected chi connectivity index (χ3v) is 2.49. The van der Waals surface area contributed by atoms with Gasteiger partial charge in [0.1, 0.15) is 6.04 Å². The summed E-state index contributed by atoms with van der Waals surface area (Å²) in [6, 6.07) is -0.146. The standard InChI is InChI=1S/C10H20N2O2/c1-4-5-6-8-7-9(11-14-8)10(13)12(2)3/h8-9,11H,4-7H2,1-3H3. The van der Waals surface area contributed by atoms with E-state index < -0.39 is 0 Å². The van der Waals surface area contributed by atoms with Crippen molar-refractivity contribution in [2.24, 2.45) is 0 Å². The van der Waals surface area contributed by atoms with E-state index in [1.54, 1.807) is 19.0 Å². The van der Waals surface area contributed by atoms with Crippen LogP contribution in [0.25, 0.3) is 0 Å². The van der Waals surface area contributed by atoms with Crippen LogP contribution < -0.4 is 5.48 Å². The maximum absolute atomic E-state index is 11.5. The van der Waals surface area contributed by atoms with Crippen LogP contribution in [0.4, 0.5) is 0 Å². The Bertz CT molecular complexity index is 195. The van der Waals surface area contributed by atoms with Gasteiger partial charge in [0.2, 0.25) is 5.91 Å². The van der Waals surface area contributed by atoms with Crippen LogP contribution in [0.2, 0.25) is 0 Å². The number of carbonyl (C=O) groups excluding carboxylic acids is 1. The Morgan fingerprint density at radius 1 is 1.57 bits per heavy atom. The molecule has 0 radical (unpaired) electrons. The van der Waals surface area contributed by atoms with Gasteiger partial charge in [0.25, 0.3) is 0 Å². The zero-order valence-corrected chi connectivity index (χ0v) is 9.25. The summed E-state index contributed by atoms with van der Waals surface area (Å²) in [5, 5.41) is 0. The van der Waals surface area contributed by atoms with Gasteiger partial charge in [-0.15, -0.1) is 0 Å². The SMILES string of the molecule is CCCCC1CC(C(=O)N(C)C)NO1. The lowest BCUT2D eigenvalue weighted by molar-refractivity contribution is -0.132. The summed E-state index contributed by atoms with van der Waals surface area (Å²) >= 11 is 0. The number of rotatable bonds is 4. The Kier molecular flexibility index (Phi) is 4.35. The molecule has 4 heteroatoms. The van der Waals surface area contributed by atoms with Crippen LogP contribution in [0.15, 0.2) is 0 Å². The van der Waals surface area contributed by atoms with Crippen LogP contribution in [0.3, 0.4) is 0 Å². The number of amides is 1. The van der Waals surface area contributed by atoms with Gasteiger partial charge in [0, 0.05) is 20.5 Å². The molecule has 1 saturated heterocycles. The van der Waals surface area contributed by atoms with Crippen molar-refractivity contribution in [2.45, 2.75) is 44.8 Å². The molecule has 14 heavy (non-hydrogen) atoms. The lowest BCUT2D eigenvalue weighted by atomic mass is 10.1. The Morgan fingerprint density at radius 3 is 2.86 bits per heavy atom. The fourth-order valence-electron chi connectivity index (χ4n) is 1.61. The lowest BCUT2D eigenvalue weighted by Gasteiger charge is -2.14. The number of hydrogen-bond donors (Lipinski definition) is 1. The van der Waals surface area contributed by atoms with Crippen molar-refractivity contribution < 1.29 is 9.63 Å². The topological polar surface area (TPSA) is 41.6 Å². The van der Waals surface area contributed by atoms with Crippen molar-refractivity contribution in [2.75, 3.05) is 14.1 Å². The summed E-state index contributed by atoms with van der Waals surface area (Å²) in [5.74, 6) is 0.101. The Morgan fingerprint density at radius 2 is 2.29 bits per heavy atom. The molecule has 1 N–H and O–H groups in total. The predicted octanol–water partition coefficient (Wildman–Crippen LogP) is 0.927. The molecule has 1 aliphatic heterocycles. The first kappa shape index (κ1) is 11.5. The number of hydrogen-bond acceptors (Lipinski definition) is 3. The predicted molar refractivity (Wildman–Crippen MR) is 54.6 cm³/mol. The molecule has 0 bridgehead atoms. The van der Waals surface area contributed by atoms with Crippen molar-refractivity contribution in [1.82, 2.24) is 10.4 Å². The van der Waals surface area contributed by atoms with E-state index in [9.17, 15) is 4.79 Å². The first-order valence-corrected chi connectivity index (χ1v) is 5.27. The van der Waals surface area contributed by atoms with Crippen LogP contribution >= 0.6 is 0 Å².